The standard InChI is InChI=1S/C16H33NO9S/c1-3-5-7-12(4-2)10-25-9-6-8-17-16(21)15(20)14(19)13(18)11-26-27(22,23)24/h12-15,18-20H,3-11H2,1-2H3,(H,17,21)(H,22,23,24)/t12?,13-,14-,15-/m1/s1. The summed E-state index contributed by atoms with van der Waals surface area (Å²) < 4.78 is 38.6. The van der Waals surface area contributed by atoms with E-state index >= 15 is 0 Å². The topological polar surface area (TPSA) is 163 Å². The molecule has 0 rings (SSSR count). The first-order valence-corrected chi connectivity index (χ1v) is 10.5. The molecule has 5 N–H and O–H groups in total. The summed E-state index contributed by atoms with van der Waals surface area (Å²) in [6.45, 7) is 4.55. The minimum atomic E-state index is -4.80. The van der Waals surface area contributed by atoms with E-state index < -0.39 is 41.2 Å². The number of rotatable bonds is 16. The highest BCUT2D eigenvalue weighted by atomic mass is 32.3. The number of amides is 1. The fraction of sp³-hybridized carbons (Fsp3) is 0.938. The lowest BCUT2D eigenvalue weighted by atomic mass is 10.0. The van der Waals surface area contributed by atoms with Gasteiger partial charge < -0.3 is 25.4 Å². The number of ether oxygens (including phenoxy) is 1. The van der Waals surface area contributed by atoms with Crippen molar-refractivity contribution in [3.63, 3.8) is 0 Å². The molecule has 10 nitrogen and oxygen atoms in total. The lowest BCUT2D eigenvalue weighted by molar-refractivity contribution is -0.142. The van der Waals surface area contributed by atoms with Crippen molar-refractivity contribution in [1.29, 1.82) is 0 Å². The van der Waals surface area contributed by atoms with Gasteiger partial charge in [-0.25, -0.2) is 4.18 Å². The van der Waals surface area contributed by atoms with Gasteiger partial charge in [-0.15, -0.1) is 0 Å². The molecule has 0 aromatic rings. The molecule has 0 aliphatic carbocycles. The van der Waals surface area contributed by atoms with E-state index in [-0.39, 0.29) is 6.54 Å². The van der Waals surface area contributed by atoms with E-state index in [1.54, 1.807) is 0 Å². The SMILES string of the molecule is CCCCC(CC)COCCCNC(=O)[C@H](O)[C@H](O)[C@H](O)COS(=O)(=O)O. The van der Waals surface area contributed by atoms with Gasteiger partial charge in [0.25, 0.3) is 5.91 Å². The average molecular weight is 416 g/mol. The van der Waals surface area contributed by atoms with Gasteiger partial charge in [0.1, 0.15) is 12.2 Å². The summed E-state index contributed by atoms with van der Waals surface area (Å²) in [4.78, 5) is 11.7. The van der Waals surface area contributed by atoms with Gasteiger partial charge in [-0.3, -0.25) is 9.35 Å². The first-order chi connectivity index (χ1) is 12.6. The van der Waals surface area contributed by atoms with Crippen molar-refractivity contribution >= 4 is 16.3 Å². The quantitative estimate of drug-likeness (QED) is 0.167. The summed E-state index contributed by atoms with van der Waals surface area (Å²) >= 11 is 0. The van der Waals surface area contributed by atoms with E-state index in [4.69, 9.17) is 9.29 Å². The van der Waals surface area contributed by atoms with Gasteiger partial charge in [0.2, 0.25) is 0 Å². The van der Waals surface area contributed by atoms with Crippen LogP contribution < -0.4 is 5.32 Å². The molecule has 0 aliphatic heterocycles. The highest BCUT2D eigenvalue weighted by Crippen LogP contribution is 2.12. The molecule has 0 aliphatic rings. The van der Waals surface area contributed by atoms with Crippen LogP contribution in [0.1, 0.15) is 46.0 Å². The molecule has 0 saturated carbocycles. The summed E-state index contributed by atoms with van der Waals surface area (Å²) in [6.07, 6.45) is -0.858. The molecule has 0 fully saturated rings. The second kappa shape index (κ2) is 14.2. The van der Waals surface area contributed by atoms with E-state index in [1.807, 2.05) is 0 Å². The Bertz CT molecular complexity index is 500. The molecular formula is C16H33NO9S. The number of hydrogen-bond donors (Lipinski definition) is 5. The average Bonchev–Trinajstić information content (AvgIpc) is 2.62. The fourth-order valence-electron chi connectivity index (χ4n) is 2.26. The van der Waals surface area contributed by atoms with E-state index in [9.17, 15) is 28.5 Å². The van der Waals surface area contributed by atoms with Crippen LogP contribution in [0.5, 0.6) is 0 Å². The van der Waals surface area contributed by atoms with Crippen LogP contribution in [-0.4, -0.2) is 78.9 Å². The molecule has 27 heavy (non-hydrogen) atoms. The Kier molecular flexibility index (Phi) is 13.8. The van der Waals surface area contributed by atoms with Crippen LogP contribution in [0.3, 0.4) is 0 Å². The van der Waals surface area contributed by atoms with Crippen molar-refractivity contribution in [2.75, 3.05) is 26.4 Å². The van der Waals surface area contributed by atoms with Crippen LogP contribution in [-0.2, 0) is 24.1 Å². The van der Waals surface area contributed by atoms with E-state index in [0.29, 0.717) is 25.6 Å². The van der Waals surface area contributed by atoms with Gasteiger partial charge in [0.05, 0.1) is 6.61 Å². The van der Waals surface area contributed by atoms with Crippen molar-refractivity contribution in [2.45, 2.75) is 64.3 Å². The molecule has 1 amide bonds. The third-order valence-corrected chi connectivity index (χ3v) is 4.47. The summed E-state index contributed by atoms with van der Waals surface area (Å²) in [7, 11) is -4.80. The van der Waals surface area contributed by atoms with Gasteiger partial charge in [-0.1, -0.05) is 33.1 Å². The van der Waals surface area contributed by atoms with Crippen LogP contribution in [0.25, 0.3) is 0 Å². The van der Waals surface area contributed by atoms with Crippen molar-refractivity contribution in [3.05, 3.63) is 0 Å². The predicted molar refractivity (Wildman–Crippen MR) is 97.3 cm³/mol. The van der Waals surface area contributed by atoms with E-state index in [1.165, 1.54) is 6.42 Å². The Balaban J connectivity index is 3.99. The first-order valence-electron chi connectivity index (χ1n) is 9.13. The third-order valence-electron chi connectivity index (χ3n) is 4.04. The monoisotopic (exact) mass is 415 g/mol. The highest BCUT2D eigenvalue weighted by Gasteiger charge is 2.31. The lowest BCUT2D eigenvalue weighted by Gasteiger charge is -2.21. The minimum absolute atomic E-state index is 0.200. The summed E-state index contributed by atoms with van der Waals surface area (Å²) in [5.74, 6) is -0.411. The predicted octanol–water partition coefficient (Wildman–Crippen LogP) is -0.372. The van der Waals surface area contributed by atoms with Crippen LogP contribution >= 0.6 is 0 Å². The second-order valence-electron chi connectivity index (χ2n) is 6.35. The van der Waals surface area contributed by atoms with Crippen LogP contribution in [0, 0.1) is 5.92 Å². The molecule has 11 heteroatoms. The van der Waals surface area contributed by atoms with Crippen LogP contribution in [0.15, 0.2) is 0 Å². The van der Waals surface area contributed by atoms with Crippen LogP contribution in [0.4, 0.5) is 0 Å². The number of aliphatic hydroxyl groups excluding tert-OH is 3. The maximum atomic E-state index is 11.7. The maximum absolute atomic E-state index is 11.7. The van der Waals surface area contributed by atoms with Crippen molar-refractivity contribution < 1.29 is 42.0 Å². The number of carbonyl (C=O) groups is 1. The molecule has 0 spiro atoms. The summed E-state index contributed by atoms with van der Waals surface area (Å²) in [5.41, 5.74) is 0. The van der Waals surface area contributed by atoms with Gasteiger partial charge in [-0.05, 0) is 18.8 Å². The number of carbonyl (C=O) groups excluding carboxylic acids is 1. The second-order valence-corrected chi connectivity index (χ2v) is 7.44. The fourth-order valence-corrected chi connectivity index (χ4v) is 2.57. The van der Waals surface area contributed by atoms with E-state index in [2.05, 4.69) is 23.3 Å². The van der Waals surface area contributed by atoms with Crippen LogP contribution in [0.2, 0.25) is 0 Å². The highest BCUT2D eigenvalue weighted by molar-refractivity contribution is 7.80. The largest absolute Gasteiger partial charge is 0.397 e. The number of hydrogen-bond acceptors (Lipinski definition) is 8. The lowest BCUT2D eigenvalue weighted by Crippen LogP contribution is -2.49. The molecule has 0 heterocycles. The van der Waals surface area contributed by atoms with Gasteiger partial charge >= 0.3 is 10.4 Å². The molecule has 0 bridgehead atoms. The Morgan fingerprint density at radius 1 is 1.11 bits per heavy atom. The zero-order chi connectivity index (χ0) is 20.9. The Morgan fingerprint density at radius 3 is 2.33 bits per heavy atom. The molecule has 0 radical (unpaired) electrons. The number of nitrogens with one attached hydrogen (secondary N) is 1. The molecule has 0 aromatic heterocycles. The zero-order valence-electron chi connectivity index (χ0n) is 15.9. The van der Waals surface area contributed by atoms with Gasteiger partial charge in [0.15, 0.2) is 6.10 Å². The zero-order valence-corrected chi connectivity index (χ0v) is 16.7. The summed E-state index contributed by atoms with van der Waals surface area (Å²) in [6, 6.07) is 0. The third kappa shape index (κ3) is 13.1. The Morgan fingerprint density at radius 2 is 1.78 bits per heavy atom. The van der Waals surface area contributed by atoms with Crippen molar-refractivity contribution in [2.24, 2.45) is 5.92 Å². The van der Waals surface area contributed by atoms with E-state index in [0.717, 1.165) is 19.3 Å². The Labute approximate surface area is 160 Å². The maximum Gasteiger partial charge on any atom is 0.397 e. The van der Waals surface area contributed by atoms with Crippen molar-refractivity contribution in [3.8, 4) is 0 Å². The molecule has 1 unspecified atom stereocenters. The molecule has 162 valence electrons. The molecule has 0 saturated heterocycles. The normalized spacial score (nSPS) is 16.5. The number of aliphatic hydroxyl groups is 3. The first kappa shape index (κ1) is 26.2. The Hall–Kier alpha value is -0.820. The minimum Gasteiger partial charge on any atom is -0.388 e. The van der Waals surface area contributed by atoms with Gasteiger partial charge in [0, 0.05) is 19.8 Å². The smallest absolute Gasteiger partial charge is 0.388 e. The molecular weight excluding hydrogens is 382 g/mol. The summed E-state index contributed by atoms with van der Waals surface area (Å²) in [5, 5.41) is 31.1. The van der Waals surface area contributed by atoms with Gasteiger partial charge in [-0.2, -0.15) is 8.42 Å². The van der Waals surface area contributed by atoms with Crippen molar-refractivity contribution in [1.82, 2.24) is 5.32 Å². The molecule has 0 aromatic carbocycles. The number of unbranched alkanes of at least 4 members (excludes halogenated alkanes) is 1. The molecule has 4 atom stereocenters.